The fourth-order valence-corrected chi connectivity index (χ4v) is 3.49. The average Bonchev–Trinajstić information content (AvgIpc) is 2.78. The van der Waals surface area contributed by atoms with E-state index in [1.54, 1.807) is 65.1 Å². The van der Waals surface area contributed by atoms with Gasteiger partial charge in [-0.2, -0.15) is 0 Å². The van der Waals surface area contributed by atoms with Crippen molar-refractivity contribution in [3.05, 3.63) is 48.0 Å². The van der Waals surface area contributed by atoms with Crippen LogP contribution in [0.25, 0.3) is 0 Å². The van der Waals surface area contributed by atoms with Crippen LogP contribution in [0, 0.1) is 0 Å². The number of rotatable bonds is 11. The average molecular weight is 511 g/mol. The van der Waals surface area contributed by atoms with Crippen LogP contribution in [-0.2, 0) is 9.53 Å². The molecule has 0 aliphatic carbocycles. The summed E-state index contributed by atoms with van der Waals surface area (Å²) in [7, 11) is 1.59. The molecule has 0 unspecified atom stereocenters. The maximum atomic E-state index is 12.5. The number of benzene rings is 2. The first-order valence-electron chi connectivity index (χ1n) is 10.9. The van der Waals surface area contributed by atoms with Gasteiger partial charge in [-0.05, 0) is 64.1 Å². The molecule has 0 fully saturated rings. The lowest BCUT2D eigenvalue weighted by molar-refractivity contribution is -0.156. The van der Waals surface area contributed by atoms with Crippen molar-refractivity contribution in [1.82, 2.24) is 5.32 Å². The number of esters is 1. The standard InChI is InChI=1S/C25H32Cl2N2O5/c1-17(24(31)34-25(2,3)4)28-23(30)18-6-8-19(9-7-18)33-20-10-11-21(22(16-20)32-5)29(14-12-26)15-13-27/h6-11,16-17H,12-15H2,1-5H3,(H,28,30)/t17-/m0/s1. The molecule has 0 bridgehead atoms. The van der Waals surface area contributed by atoms with Crippen LogP contribution in [0.5, 0.6) is 17.2 Å². The Morgan fingerprint density at radius 1 is 1.00 bits per heavy atom. The van der Waals surface area contributed by atoms with Gasteiger partial charge in [0.1, 0.15) is 28.9 Å². The predicted octanol–water partition coefficient (Wildman–Crippen LogP) is 5.23. The molecule has 7 nitrogen and oxygen atoms in total. The Labute approximate surface area is 211 Å². The van der Waals surface area contributed by atoms with Gasteiger partial charge in [0.15, 0.2) is 0 Å². The Morgan fingerprint density at radius 2 is 1.59 bits per heavy atom. The van der Waals surface area contributed by atoms with Gasteiger partial charge in [-0.3, -0.25) is 4.79 Å². The van der Waals surface area contributed by atoms with Crippen LogP contribution in [0.1, 0.15) is 38.1 Å². The van der Waals surface area contributed by atoms with Crippen molar-refractivity contribution < 1.29 is 23.8 Å². The fourth-order valence-electron chi connectivity index (χ4n) is 3.08. The molecule has 0 spiro atoms. The highest BCUT2D eigenvalue weighted by molar-refractivity contribution is 6.18. The number of anilines is 1. The van der Waals surface area contributed by atoms with Crippen molar-refractivity contribution in [3.63, 3.8) is 0 Å². The number of carbonyl (C=O) groups is 2. The molecule has 34 heavy (non-hydrogen) atoms. The molecule has 0 aromatic heterocycles. The molecule has 0 heterocycles. The van der Waals surface area contributed by atoms with E-state index < -0.39 is 17.6 Å². The predicted molar refractivity (Wildman–Crippen MR) is 136 cm³/mol. The van der Waals surface area contributed by atoms with Gasteiger partial charge in [0.25, 0.3) is 5.91 Å². The van der Waals surface area contributed by atoms with Crippen molar-refractivity contribution in [2.24, 2.45) is 0 Å². The third-order valence-corrected chi connectivity index (χ3v) is 5.00. The number of halogens is 2. The van der Waals surface area contributed by atoms with Crippen molar-refractivity contribution in [1.29, 1.82) is 0 Å². The summed E-state index contributed by atoms with van der Waals surface area (Å²) in [5, 5.41) is 2.65. The number of carbonyl (C=O) groups excluding carboxylic acids is 2. The summed E-state index contributed by atoms with van der Waals surface area (Å²) in [6, 6.07) is 11.4. The Kier molecular flexibility index (Phi) is 10.3. The van der Waals surface area contributed by atoms with Crippen LogP contribution in [0.2, 0.25) is 0 Å². The molecule has 2 rings (SSSR count). The van der Waals surface area contributed by atoms with Gasteiger partial charge in [-0.15, -0.1) is 23.2 Å². The smallest absolute Gasteiger partial charge is 0.328 e. The molecule has 2 aromatic carbocycles. The van der Waals surface area contributed by atoms with Gasteiger partial charge in [0.05, 0.1) is 12.8 Å². The lowest BCUT2D eigenvalue weighted by Gasteiger charge is -2.25. The van der Waals surface area contributed by atoms with Gasteiger partial charge in [-0.1, -0.05) is 0 Å². The highest BCUT2D eigenvalue weighted by atomic mass is 35.5. The topological polar surface area (TPSA) is 77.1 Å². The van der Waals surface area contributed by atoms with Crippen LogP contribution >= 0.6 is 23.2 Å². The lowest BCUT2D eigenvalue weighted by atomic mass is 10.1. The van der Waals surface area contributed by atoms with Crippen LogP contribution in [-0.4, -0.2) is 55.5 Å². The van der Waals surface area contributed by atoms with Crippen LogP contribution < -0.4 is 19.7 Å². The minimum Gasteiger partial charge on any atom is -0.494 e. The highest BCUT2D eigenvalue weighted by Gasteiger charge is 2.23. The second kappa shape index (κ2) is 12.7. The molecule has 0 radical (unpaired) electrons. The van der Waals surface area contributed by atoms with Crippen LogP contribution in [0.3, 0.4) is 0 Å². The number of nitrogens with one attached hydrogen (secondary N) is 1. The number of alkyl halides is 2. The number of nitrogens with zero attached hydrogens (tertiary/aromatic N) is 1. The molecule has 1 atom stereocenters. The molecule has 0 saturated carbocycles. The molecule has 0 aliphatic rings. The van der Waals surface area contributed by atoms with E-state index in [-0.39, 0.29) is 5.91 Å². The zero-order valence-electron chi connectivity index (χ0n) is 20.2. The SMILES string of the molecule is COc1cc(Oc2ccc(C(=O)N[C@@H](C)C(=O)OC(C)(C)C)cc2)ccc1N(CCCl)CCCl. The van der Waals surface area contributed by atoms with Crippen molar-refractivity contribution in [3.8, 4) is 17.2 Å². The van der Waals surface area contributed by atoms with Gasteiger partial charge in [0, 0.05) is 36.5 Å². The molecular weight excluding hydrogens is 479 g/mol. The first-order chi connectivity index (χ1) is 16.1. The minimum atomic E-state index is -0.772. The van der Waals surface area contributed by atoms with Crippen LogP contribution in [0.4, 0.5) is 5.69 Å². The van der Waals surface area contributed by atoms with Crippen molar-refractivity contribution >= 4 is 40.8 Å². The molecule has 1 amide bonds. The maximum Gasteiger partial charge on any atom is 0.328 e. The van der Waals surface area contributed by atoms with E-state index >= 15 is 0 Å². The number of ether oxygens (including phenoxy) is 3. The molecule has 186 valence electrons. The first kappa shape index (κ1) is 27.6. The molecule has 2 aromatic rings. The fraction of sp³-hybridized carbons (Fsp3) is 0.440. The third-order valence-electron chi connectivity index (χ3n) is 4.66. The monoisotopic (exact) mass is 510 g/mol. The largest absolute Gasteiger partial charge is 0.494 e. The van der Waals surface area contributed by atoms with Crippen molar-refractivity contribution in [2.75, 3.05) is 36.9 Å². The second-order valence-electron chi connectivity index (χ2n) is 8.55. The summed E-state index contributed by atoms with van der Waals surface area (Å²) in [4.78, 5) is 26.6. The maximum absolute atomic E-state index is 12.5. The van der Waals surface area contributed by atoms with E-state index in [9.17, 15) is 9.59 Å². The van der Waals surface area contributed by atoms with E-state index in [0.717, 1.165) is 5.69 Å². The summed E-state index contributed by atoms with van der Waals surface area (Å²) in [5.41, 5.74) is 0.651. The quantitative estimate of drug-likeness (QED) is 0.329. The Bertz CT molecular complexity index is 955. The van der Waals surface area contributed by atoms with Crippen molar-refractivity contribution in [2.45, 2.75) is 39.3 Å². The van der Waals surface area contributed by atoms with Gasteiger partial charge >= 0.3 is 5.97 Å². The Balaban J connectivity index is 2.06. The number of hydrogen-bond donors (Lipinski definition) is 1. The molecular formula is C25H32Cl2N2O5. The second-order valence-corrected chi connectivity index (χ2v) is 9.31. The first-order valence-corrected chi connectivity index (χ1v) is 12.0. The van der Waals surface area contributed by atoms with E-state index in [1.807, 2.05) is 17.0 Å². The van der Waals surface area contributed by atoms with E-state index in [2.05, 4.69) is 5.32 Å². The Morgan fingerprint density at radius 3 is 2.12 bits per heavy atom. The number of hydrogen-bond acceptors (Lipinski definition) is 6. The summed E-state index contributed by atoms with van der Waals surface area (Å²) >= 11 is 11.8. The van der Waals surface area contributed by atoms with Gasteiger partial charge < -0.3 is 24.4 Å². The third kappa shape index (κ3) is 8.29. The summed E-state index contributed by atoms with van der Waals surface area (Å²) < 4.78 is 16.8. The van der Waals surface area contributed by atoms with Gasteiger partial charge in [0.2, 0.25) is 0 Å². The summed E-state index contributed by atoms with van der Waals surface area (Å²) in [5.74, 6) is 1.82. The van der Waals surface area contributed by atoms with Gasteiger partial charge in [-0.25, -0.2) is 4.79 Å². The normalized spacial score (nSPS) is 12.0. The number of amides is 1. The summed E-state index contributed by atoms with van der Waals surface area (Å²) in [6.07, 6.45) is 0. The van der Waals surface area contributed by atoms with E-state index in [4.69, 9.17) is 37.4 Å². The lowest BCUT2D eigenvalue weighted by Crippen LogP contribution is -2.42. The molecule has 9 heteroatoms. The van der Waals surface area contributed by atoms with E-state index in [0.29, 0.717) is 47.7 Å². The Hall–Kier alpha value is -2.64. The summed E-state index contributed by atoms with van der Waals surface area (Å²) in [6.45, 7) is 8.19. The molecule has 0 aliphatic heterocycles. The molecule has 0 saturated heterocycles. The van der Waals surface area contributed by atoms with E-state index in [1.165, 1.54) is 0 Å². The molecule has 1 N–H and O–H groups in total. The zero-order chi connectivity index (χ0) is 25.3. The minimum absolute atomic E-state index is 0.380. The zero-order valence-corrected chi connectivity index (χ0v) is 21.7. The van der Waals surface area contributed by atoms with Crippen LogP contribution in [0.15, 0.2) is 42.5 Å². The number of methoxy groups -OCH3 is 1. The highest BCUT2D eigenvalue weighted by Crippen LogP contribution is 2.34.